The highest BCUT2D eigenvalue weighted by atomic mass is 16.4. The van der Waals surface area contributed by atoms with Crippen LogP contribution in [0.2, 0.25) is 0 Å². The van der Waals surface area contributed by atoms with Crippen molar-refractivity contribution in [2.75, 3.05) is 0 Å². The molecule has 6 heteroatoms. The van der Waals surface area contributed by atoms with Gasteiger partial charge in [0.2, 0.25) is 5.76 Å². The quantitative estimate of drug-likeness (QED) is 0.591. The molecule has 0 atom stereocenters. The number of aliphatic hydroxyl groups excluding tert-OH is 1. The van der Waals surface area contributed by atoms with Crippen LogP contribution in [0, 0.1) is 0 Å². The Labute approximate surface area is 107 Å². The summed E-state index contributed by atoms with van der Waals surface area (Å²) in [6, 6.07) is 6.86. The number of rotatable bonds is 1. The van der Waals surface area contributed by atoms with E-state index in [0.29, 0.717) is 17.4 Å². The van der Waals surface area contributed by atoms with Crippen LogP contribution in [0.3, 0.4) is 0 Å². The van der Waals surface area contributed by atoms with E-state index >= 15 is 0 Å². The number of hydrogen-bond donors (Lipinski definition) is 2. The second-order valence-corrected chi connectivity index (χ2v) is 4.29. The molecule has 2 heterocycles. The summed E-state index contributed by atoms with van der Waals surface area (Å²) < 4.78 is 1.40. The largest absolute Gasteiger partial charge is 0.502 e. The molecule has 0 aliphatic carbocycles. The van der Waals surface area contributed by atoms with Gasteiger partial charge in [-0.15, -0.1) is 0 Å². The molecular formula is C13H10N2O4. The predicted molar refractivity (Wildman–Crippen MR) is 67.8 cm³/mol. The number of aliphatic hydroxyl groups is 1. The summed E-state index contributed by atoms with van der Waals surface area (Å²) in [5, 5.41) is 18.9. The second kappa shape index (κ2) is 3.94. The van der Waals surface area contributed by atoms with Crippen molar-refractivity contribution < 1.29 is 15.0 Å². The van der Waals surface area contributed by atoms with Gasteiger partial charge < -0.3 is 10.2 Å². The van der Waals surface area contributed by atoms with E-state index in [1.807, 2.05) is 0 Å². The van der Waals surface area contributed by atoms with Gasteiger partial charge >= 0.3 is 5.97 Å². The highest BCUT2D eigenvalue weighted by Crippen LogP contribution is 2.27. The first-order valence-corrected chi connectivity index (χ1v) is 5.75. The zero-order valence-corrected chi connectivity index (χ0v) is 9.83. The lowest BCUT2D eigenvalue weighted by molar-refractivity contribution is -0.135. The summed E-state index contributed by atoms with van der Waals surface area (Å²) in [5.74, 6) is -1.91. The first kappa shape index (κ1) is 11.5. The number of hydrogen-bond acceptors (Lipinski definition) is 4. The molecule has 3 rings (SSSR count). The van der Waals surface area contributed by atoms with E-state index < -0.39 is 11.7 Å². The molecule has 96 valence electrons. The normalized spacial score (nSPS) is 16.4. The monoisotopic (exact) mass is 258 g/mol. The maximum Gasteiger partial charge on any atom is 0.371 e. The molecule has 0 radical (unpaired) electrons. The van der Waals surface area contributed by atoms with Gasteiger partial charge in [-0.05, 0) is 18.6 Å². The maximum atomic E-state index is 12.2. The summed E-state index contributed by atoms with van der Waals surface area (Å²) in [7, 11) is 0. The van der Waals surface area contributed by atoms with Crippen molar-refractivity contribution in [2.45, 2.75) is 13.0 Å². The Balaban J connectivity index is 2.37. The molecule has 0 unspecified atom stereocenters. The number of benzene rings is 1. The number of carboxylic acids is 1. The number of nitrogens with zero attached hydrogens (tertiary/aromatic N) is 2. The van der Waals surface area contributed by atoms with Crippen molar-refractivity contribution in [3.8, 4) is 0 Å². The fourth-order valence-electron chi connectivity index (χ4n) is 2.29. The van der Waals surface area contributed by atoms with Gasteiger partial charge in [-0.1, -0.05) is 12.1 Å². The molecule has 2 aromatic rings. The summed E-state index contributed by atoms with van der Waals surface area (Å²) in [5.41, 5.74) is 0.487. The molecule has 0 spiro atoms. The van der Waals surface area contributed by atoms with E-state index in [0.717, 1.165) is 0 Å². The van der Waals surface area contributed by atoms with Crippen LogP contribution in [0.5, 0.6) is 0 Å². The Bertz CT molecular complexity index is 789. The number of fused-ring (bicyclic) bond motifs is 2. The zero-order valence-electron chi connectivity index (χ0n) is 9.83. The summed E-state index contributed by atoms with van der Waals surface area (Å²) >= 11 is 0. The third-order valence-corrected chi connectivity index (χ3v) is 3.21. The third-order valence-electron chi connectivity index (χ3n) is 3.21. The lowest BCUT2D eigenvalue weighted by Crippen LogP contribution is -2.20. The highest BCUT2D eigenvalue weighted by Gasteiger charge is 2.26. The van der Waals surface area contributed by atoms with Gasteiger partial charge in [0.05, 0.1) is 10.9 Å². The van der Waals surface area contributed by atoms with E-state index in [9.17, 15) is 14.7 Å². The van der Waals surface area contributed by atoms with E-state index in [1.54, 1.807) is 24.3 Å². The fraction of sp³-hybridized carbons (Fsp3) is 0.154. The van der Waals surface area contributed by atoms with Gasteiger partial charge in [0.25, 0.3) is 5.56 Å². The SMILES string of the molecule is O=C(O)/C(O)=C1\CCn2c1nc1ccccc1c2=O. The van der Waals surface area contributed by atoms with E-state index in [4.69, 9.17) is 5.11 Å². The smallest absolute Gasteiger partial charge is 0.371 e. The standard InChI is InChI=1S/C13H10N2O4/c16-10(13(18)19)8-5-6-15-11(8)14-9-4-2-1-3-7(9)12(15)17/h1-4,16H,5-6H2,(H,18,19)/b10-8-. The lowest BCUT2D eigenvalue weighted by atomic mass is 10.2. The minimum atomic E-state index is -1.41. The topological polar surface area (TPSA) is 92.4 Å². The first-order chi connectivity index (χ1) is 9.09. The van der Waals surface area contributed by atoms with Gasteiger partial charge in [-0.2, -0.15) is 0 Å². The summed E-state index contributed by atoms with van der Waals surface area (Å²) in [6.45, 7) is 0.332. The number of allylic oxidation sites excluding steroid dienone is 1. The molecule has 1 aliphatic rings. The Hall–Kier alpha value is -2.63. The van der Waals surface area contributed by atoms with E-state index in [1.165, 1.54) is 4.57 Å². The number of aliphatic carboxylic acids is 1. The van der Waals surface area contributed by atoms with E-state index in [2.05, 4.69) is 4.98 Å². The first-order valence-electron chi connectivity index (χ1n) is 5.75. The van der Waals surface area contributed by atoms with Crippen LogP contribution in [-0.2, 0) is 11.3 Å². The van der Waals surface area contributed by atoms with Crippen molar-refractivity contribution in [1.29, 1.82) is 0 Å². The second-order valence-electron chi connectivity index (χ2n) is 4.29. The average molecular weight is 258 g/mol. The zero-order chi connectivity index (χ0) is 13.6. The molecule has 1 aromatic heterocycles. The van der Waals surface area contributed by atoms with Gasteiger partial charge in [-0.3, -0.25) is 9.36 Å². The molecule has 1 aliphatic heterocycles. The predicted octanol–water partition coefficient (Wildman–Crippen LogP) is 1.15. The van der Waals surface area contributed by atoms with Crippen LogP contribution in [0.25, 0.3) is 16.5 Å². The summed E-state index contributed by atoms with van der Waals surface area (Å²) in [4.78, 5) is 27.3. The molecule has 0 saturated heterocycles. The van der Waals surface area contributed by atoms with Crippen LogP contribution < -0.4 is 5.56 Å². The van der Waals surface area contributed by atoms with Crippen molar-refractivity contribution in [2.24, 2.45) is 0 Å². The van der Waals surface area contributed by atoms with Crippen LogP contribution in [0.4, 0.5) is 0 Å². The highest BCUT2D eigenvalue weighted by molar-refractivity contribution is 5.94. The van der Waals surface area contributed by atoms with Gasteiger partial charge in [0.15, 0.2) is 0 Å². The Morgan fingerprint density at radius 2 is 2.00 bits per heavy atom. The van der Waals surface area contributed by atoms with Crippen molar-refractivity contribution >= 4 is 22.4 Å². The Morgan fingerprint density at radius 1 is 1.26 bits per heavy atom. The number of carboxylic acid groups (broad SMARTS) is 1. The van der Waals surface area contributed by atoms with Gasteiger partial charge in [-0.25, -0.2) is 9.78 Å². The summed E-state index contributed by atoms with van der Waals surface area (Å²) in [6.07, 6.45) is 0.288. The van der Waals surface area contributed by atoms with Crippen molar-refractivity contribution in [3.05, 3.63) is 46.2 Å². The number of aromatic nitrogens is 2. The molecule has 0 fully saturated rings. The van der Waals surface area contributed by atoms with Crippen molar-refractivity contribution in [3.63, 3.8) is 0 Å². The lowest BCUT2D eigenvalue weighted by Gasteiger charge is -2.05. The van der Waals surface area contributed by atoms with Crippen LogP contribution in [0.15, 0.2) is 34.8 Å². The molecular weight excluding hydrogens is 248 g/mol. The van der Waals surface area contributed by atoms with Crippen LogP contribution in [0.1, 0.15) is 12.2 Å². The number of carbonyl (C=O) groups is 1. The fourth-order valence-corrected chi connectivity index (χ4v) is 2.29. The average Bonchev–Trinajstić information content (AvgIpc) is 2.82. The molecule has 0 saturated carbocycles. The van der Waals surface area contributed by atoms with E-state index in [-0.39, 0.29) is 23.4 Å². The van der Waals surface area contributed by atoms with Gasteiger partial charge in [0.1, 0.15) is 5.82 Å². The molecule has 2 N–H and O–H groups in total. The number of para-hydroxylation sites is 1. The third kappa shape index (κ3) is 1.61. The molecule has 0 amide bonds. The van der Waals surface area contributed by atoms with Gasteiger partial charge in [0, 0.05) is 12.1 Å². The maximum absolute atomic E-state index is 12.2. The van der Waals surface area contributed by atoms with Crippen molar-refractivity contribution in [1.82, 2.24) is 9.55 Å². The molecule has 0 bridgehead atoms. The Morgan fingerprint density at radius 3 is 2.74 bits per heavy atom. The molecule has 19 heavy (non-hydrogen) atoms. The Kier molecular flexibility index (Phi) is 2.38. The molecule has 6 nitrogen and oxygen atoms in total. The van der Waals surface area contributed by atoms with Crippen LogP contribution >= 0.6 is 0 Å². The molecule has 1 aromatic carbocycles. The minimum absolute atomic E-state index is 0.204. The minimum Gasteiger partial charge on any atom is -0.502 e. The van der Waals surface area contributed by atoms with Crippen LogP contribution in [-0.4, -0.2) is 25.7 Å².